The van der Waals surface area contributed by atoms with Crippen molar-refractivity contribution in [2.45, 2.75) is 38.1 Å². The molecule has 57 heavy (non-hydrogen) atoms. The maximum absolute atomic E-state index is 13.8. The number of nitrogens with zero attached hydrogens (tertiary/aromatic N) is 3. The Labute approximate surface area is 331 Å². The van der Waals surface area contributed by atoms with Gasteiger partial charge in [-0.3, -0.25) is 14.4 Å². The first kappa shape index (κ1) is 38.3. The van der Waals surface area contributed by atoms with Crippen molar-refractivity contribution in [3.8, 4) is 5.75 Å². The van der Waals surface area contributed by atoms with Gasteiger partial charge in [0.25, 0.3) is 5.91 Å². The first-order chi connectivity index (χ1) is 27.5. The lowest BCUT2D eigenvalue weighted by atomic mass is 9.79. The van der Waals surface area contributed by atoms with Crippen molar-refractivity contribution >= 4 is 57.1 Å². The van der Waals surface area contributed by atoms with Crippen LogP contribution in [0.2, 0.25) is 0 Å². The van der Waals surface area contributed by atoms with Gasteiger partial charge in [0.2, 0.25) is 5.88 Å². The van der Waals surface area contributed by atoms with Crippen LogP contribution in [-0.2, 0) is 15.0 Å². The van der Waals surface area contributed by atoms with Crippen LogP contribution < -0.4 is 30.3 Å². The van der Waals surface area contributed by atoms with Gasteiger partial charge in [0.15, 0.2) is 5.75 Å². The molecule has 2 aliphatic heterocycles. The number of carbonyl (C=O) groups is 3. The molecule has 11 heteroatoms. The largest absolute Gasteiger partial charge is 0.481 e. The van der Waals surface area contributed by atoms with Crippen LogP contribution in [0.4, 0.5) is 28.4 Å². The third kappa shape index (κ3) is 8.33. The molecule has 2 heterocycles. The van der Waals surface area contributed by atoms with Crippen molar-refractivity contribution < 1.29 is 29.3 Å². The lowest BCUT2D eigenvalue weighted by Crippen LogP contribution is -2.41. The van der Waals surface area contributed by atoms with Gasteiger partial charge < -0.3 is 40.5 Å². The van der Waals surface area contributed by atoms with Crippen molar-refractivity contribution in [2.24, 2.45) is 0 Å². The summed E-state index contributed by atoms with van der Waals surface area (Å²) in [4.78, 5) is 42.7. The quantitative estimate of drug-likeness (QED) is 0.0642. The number of benzene rings is 5. The number of carboxylic acids is 2. The highest BCUT2D eigenvalue weighted by atomic mass is 16.5. The molecule has 0 fully saturated rings. The van der Waals surface area contributed by atoms with Gasteiger partial charge in [0.1, 0.15) is 0 Å². The molecule has 0 bridgehead atoms. The minimum Gasteiger partial charge on any atom is -0.481 e. The van der Waals surface area contributed by atoms with Gasteiger partial charge >= 0.3 is 11.9 Å². The lowest BCUT2D eigenvalue weighted by molar-refractivity contribution is -0.137. The van der Waals surface area contributed by atoms with E-state index in [1.165, 1.54) is 0 Å². The SMILES string of the molecule is CN(C(=O)c1ccc2c(c1)C(C)(C)C(C=CC=CC=C1Oc3cc4ccccc4cc3N1CCC(=O)O)N2CCC(=O)O)c1ccc(NNc2ccccc2)cc1. The number of rotatable bonds is 14. The normalized spacial score (nSPS) is 16.2. The number of anilines is 5. The average molecular weight is 764 g/mol. The zero-order chi connectivity index (χ0) is 40.1. The second kappa shape index (κ2) is 16.4. The van der Waals surface area contributed by atoms with Gasteiger partial charge in [-0.2, -0.15) is 0 Å². The summed E-state index contributed by atoms with van der Waals surface area (Å²) in [6.07, 6.45) is 9.41. The topological polar surface area (TPSA) is 135 Å². The molecule has 5 aromatic carbocycles. The standard InChI is InChI=1S/C46H45N5O6/c1-46(2)37-28-33(45(56)49(3)36-21-19-35(20-22-36)48-47-34-14-6-4-7-15-34)18-23-38(37)50(26-24-43(52)53)41(46)16-8-5-9-17-42-51(27-25-44(54)55)39-29-31-12-10-11-13-32(31)30-40(39)57-42/h4-23,28-30,41,47-48H,24-27H2,1-3H3,(H,52,53)(H,54,55). The predicted octanol–water partition coefficient (Wildman–Crippen LogP) is 8.82. The summed E-state index contributed by atoms with van der Waals surface area (Å²) < 4.78 is 6.21. The van der Waals surface area contributed by atoms with E-state index in [0.717, 1.165) is 44.8 Å². The van der Waals surface area contributed by atoms with Crippen molar-refractivity contribution in [2.75, 3.05) is 45.7 Å². The molecule has 0 aromatic heterocycles. The van der Waals surface area contributed by atoms with Crippen LogP contribution in [0.3, 0.4) is 0 Å². The molecule has 0 aliphatic carbocycles. The number of hydrogen-bond donors (Lipinski definition) is 4. The van der Waals surface area contributed by atoms with Gasteiger partial charge in [0, 0.05) is 42.5 Å². The van der Waals surface area contributed by atoms with Crippen LogP contribution in [0.1, 0.15) is 42.6 Å². The van der Waals surface area contributed by atoms with E-state index in [-0.39, 0.29) is 31.3 Å². The Kier molecular flexibility index (Phi) is 11.0. The molecule has 0 spiro atoms. The summed E-state index contributed by atoms with van der Waals surface area (Å²) in [6.45, 7) is 4.75. The number of nitrogens with one attached hydrogen (secondary N) is 2. The van der Waals surface area contributed by atoms with E-state index in [4.69, 9.17) is 4.74 Å². The van der Waals surface area contributed by atoms with Crippen molar-refractivity contribution in [1.29, 1.82) is 0 Å². The highest BCUT2D eigenvalue weighted by Gasteiger charge is 2.43. The Balaban J connectivity index is 1.08. The lowest BCUT2D eigenvalue weighted by Gasteiger charge is -2.32. The van der Waals surface area contributed by atoms with Crippen LogP contribution in [0.5, 0.6) is 5.75 Å². The van der Waals surface area contributed by atoms with Crippen LogP contribution in [0.25, 0.3) is 10.8 Å². The van der Waals surface area contributed by atoms with Gasteiger partial charge in [0.05, 0.1) is 35.9 Å². The summed E-state index contributed by atoms with van der Waals surface area (Å²) in [6, 6.07) is 34.7. The number of fused-ring (bicyclic) bond motifs is 3. The Hall–Kier alpha value is -7.01. The first-order valence-corrected chi connectivity index (χ1v) is 18.8. The smallest absolute Gasteiger partial charge is 0.305 e. The van der Waals surface area contributed by atoms with Crippen LogP contribution in [0, 0.1) is 0 Å². The zero-order valence-corrected chi connectivity index (χ0v) is 32.1. The van der Waals surface area contributed by atoms with Gasteiger partial charge in [-0.05, 0) is 89.1 Å². The third-order valence-corrected chi connectivity index (χ3v) is 10.5. The fourth-order valence-electron chi connectivity index (χ4n) is 7.42. The minimum absolute atomic E-state index is 0.0456. The van der Waals surface area contributed by atoms with Crippen LogP contribution in [-0.4, -0.2) is 54.2 Å². The second-order valence-electron chi connectivity index (χ2n) is 14.6. The molecular weight excluding hydrogens is 719 g/mol. The van der Waals surface area contributed by atoms with E-state index in [2.05, 4.69) is 29.6 Å². The molecule has 1 unspecified atom stereocenters. The predicted molar refractivity (Wildman–Crippen MR) is 226 cm³/mol. The molecule has 0 radical (unpaired) electrons. The molecule has 1 atom stereocenters. The highest BCUT2D eigenvalue weighted by Crippen LogP contribution is 2.46. The summed E-state index contributed by atoms with van der Waals surface area (Å²) in [5.74, 6) is -0.753. The zero-order valence-electron chi connectivity index (χ0n) is 32.1. The minimum atomic E-state index is -0.895. The maximum atomic E-state index is 13.8. The number of aliphatic carboxylic acids is 2. The van der Waals surface area contributed by atoms with E-state index in [9.17, 15) is 24.6 Å². The number of allylic oxidation sites excluding steroid dienone is 4. The molecule has 1 amide bonds. The number of carbonyl (C=O) groups excluding carboxylic acids is 1. The molecule has 0 saturated heterocycles. The summed E-state index contributed by atoms with van der Waals surface area (Å²) in [7, 11) is 1.75. The summed E-state index contributed by atoms with van der Waals surface area (Å²) >= 11 is 0. The van der Waals surface area contributed by atoms with E-state index < -0.39 is 17.4 Å². The van der Waals surface area contributed by atoms with E-state index >= 15 is 0 Å². The number of hydrazine groups is 1. The molecule has 4 N–H and O–H groups in total. The highest BCUT2D eigenvalue weighted by molar-refractivity contribution is 6.06. The van der Waals surface area contributed by atoms with Crippen molar-refractivity contribution in [3.05, 3.63) is 157 Å². The third-order valence-electron chi connectivity index (χ3n) is 10.5. The van der Waals surface area contributed by atoms with Gasteiger partial charge in [-0.1, -0.05) is 80.6 Å². The van der Waals surface area contributed by atoms with Crippen molar-refractivity contribution in [1.82, 2.24) is 0 Å². The fraction of sp³-hybridized carbons (Fsp3) is 0.196. The molecule has 7 rings (SSSR count). The molecule has 2 aliphatic rings. The monoisotopic (exact) mass is 763 g/mol. The van der Waals surface area contributed by atoms with E-state index in [1.54, 1.807) is 18.0 Å². The Morgan fingerprint density at radius 2 is 1.40 bits per heavy atom. The van der Waals surface area contributed by atoms with Gasteiger partial charge in [-0.25, -0.2) is 0 Å². The van der Waals surface area contributed by atoms with E-state index in [0.29, 0.717) is 23.7 Å². The summed E-state index contributed by atoms with van der Waals surface area (Å²) in [5.41, 5.74) is 11.6. The number of hydrogen-bond acceptors (Lipinski definition) is 8. The van der Waals surface area contributed by atoms with Gasteiger partial charge in [-0.15, -0.1) is 0 Å². The maximum Gasteiger partial charge on any atom is 0.305 e. The second-order valence-corrected chi connectivity index (χ2v) is 14.6. The Morgan fingerprint density at radius 3 is 2.11 bits per heavy atom. The van der Waals surface area contributed by atoms with E-state index in [1.807, 2.05) is 138 Å². The average Bonchev–Trinajstić information content (AvgIpc) is 3.65. The Bertz CT molecular complexity index is 2390. The van der Waals surface area contributed by atoms with Crippen LogP contribution >= 0.6 is 0 Å². The number of ether oxygens (including phenoxy) is 1. The number of carboxylic acid groups (broad SMARTS) is 2. The fourth-order valence-corrected chi connectivity index (χ4v) is 7.42. The molecule has 290 valence electrons. The molecule has 5 aromatic rings. The van der Waals surface area contributed by atoms with Crippen molar-refractivity contribution in [3.63, 3.8) is 0 Å². The number of amides is 1. The van der Waals surface area contributed by atoms with Crippen LogP contribution in [0.15, 0.2) is 145 Å². The first-order valence-electron chi connectivity index (χ1n) is 18.8. The molecule has 0 saturated carbocycles. The summed E-state index contributed by atoms with van der Waals surface area (Å²) in [5, 5.41) is 21.1. The number of para-hydroxylation sites is 1. The molecular formula is C46H45N5O6. The molecule has 11 nitrogen and oxygen atoms in total. The Morgan fingerprint density at radius 1 is 0.754 bits per heavy atom.